The molecule has 0 aromatic rings. The molecule has 5 heteroatoms. The van der Waals surface area contributed by atoms with Gasteiger partial charge in [-0.2, -0.15) is 0 Å². The van der Waals surface area contributed by atoms with E-state index in [0.717, 1.165) is 32.7 Å². The van der Waals surface area contributed by atoms with Gasteiger partial charge in [0.1, 0.15) is 12.2 Å². The second kappa shape index (κ2) is 6.78. The fraction of sp³-hybridized carbons (Fsp3) is 0.778. The smallest absolute Gasteiger partial charge is 0.104 e. The summed E-state index contributed by atoms with van der Waals surface area (Å²) in [4.78, 5) is 0. The number of ether oxygens (including phenoxy) is 3. The normalized spacial score (nSPS) is 28.4. The first-order valence-corrected chi connectivity index (χ1v) is 4.67. The summed E-state index contributed by atoms with van der Waals surface area (Å²) in [5.41, 5.74) is 4.89. The third-order valence-corrected chi connectivity index (χ3v) is 1.65. The molecule has 3 N–H and O–H groups in total. The predicted molar refractivity (Wildman–Crippen MR) is 51.1 cm³/mol. The molecule has 5 nitrogen and oxygen atoms in total. The minimum absolute atomic E-state index is 0.392. The van der Waals surface area contributed by atoms with Gasteiger partial charge in [0.2, 0.25) is 0 Å². The molecular weight excluding hydrogens is 186 g/mol. The molecule has 0 aromatic carbocycles. The van der Waals surface area contributed by atoms with Crippen LogP contribution < -0.4 is 5.73 Å². The van der Waals surface area contributed by atoms with Crippen molar-refractivity contribution in [2.45, 2.75) is 12.2 Å². The highest BCUT2D eigenvalue weighted by Gasteiger charge is 2.26. The van der Waals surface area contributed by atoms with Crippen molar-refractivity contribution in [1.82, 2.24) is 0 Å². The molecule has 0 bridgehead atoms. The van der Waals surface area contributed by atoms with Crippen LogP contribution in [0.1, 0.15) is 0 Å². The molecule has 0 radical (unpaired) electrons. The Morgan fingerprint density at radius 1 is 1.29 bits per heavy atom. The summed E-state index contributed by atoms with van der Waals surface area (Å²) < 4.78 is 15.1. The van der Waals surface area contributed by atoms with Gasteiger partial charge in [-0.1, -0.05) is 0 Å². The van der Waals surface area contributed by atoms with Gasteiger partial charge in [-0.3, -0.25) is 0 Å². The van der Waals surface area contributed by atoms with Crippen LogP contribution in [0.4, 0.5) is 0 Å². The summed E-state index contributed by atoms with van der Waals surface area (Å²) in [5.74, 6) is 0. The highest BCUT2D eigenvalue weighted by Crippen LogP contribution is 2.12. The maximum atomic E-state index is 7.81. The zero-order chi connectivity index (χ0) is 10.2. The fourth-order valence-corrected chi connectivity index (χ4v) is 0.720. The number of nitrogens with two attached hydrogens (primary N) is 1. The first kappa shape index (κ1) is 11.5. The van der Waals surface area contributed by atoms with E-state index < -0.39 is 0 Å². The predicted octanol–water partition coefficient (Wildman–Crippen LogP) is -0.183. The van der Waals surface area contributed by atoms with Crippen molar-refractivity contribution in [3.05, 3.63) is 12.3 Å². The minimum Gasteiger partial charge on any atom is -0.516 e. The third kappa shape index (κ3) is 6.85. The fourth-order valence-electron chi connectivity index (χ4n) is 0.720. The Labute approximate surface area is 83.4 Å². The van der Waals surface area contributed by atoms with Crippen molar-refractivity contribution >= 4 is 0 Å². The Hall–Kier alpha value is -0.620. The molecule has 14 heavy (non-hydrogen) atoms. The van der Waals surface area contributed by atoms with Gasteiger partial charge in [-0.15, -0.1) is 0 Å². The maximum absolute atomic E-state index is 7.81. The van der Waals surface area contributed by atoms with Gasteiger partial charge in [0.05, 0.1) is 32.7 Å². The van der Waals surface area contributed by atoms with Crippen LogP contribution in [0.25, 0.3) is 0 Å². The molecule has 0 spiro atoms. The Morgan fingerprint density at radius 3 is 2.00 bits per heavy atom. The van der Waals surface area contributed by atoms with Gasteiger partial charge in [-0.25, -0.2) is 0 Å². The highest BCUT2D eigenvalue weighted by molar-refractivity contribution is 4.71. The van der Waals surface area contributed by atoms with E-state index in [1.807, 2.05) is 0 Å². The SMILES string of the molecule is C(OCC1CO1)C1CO1.NCC=CO. The van der Waals surface area contributed by atoms with E-state index in [9.17, 15) is 0 Å². The Bertz CT molecular complexity index is 154. The average Bonchev–Trinajstić information content (AvgIpc) is 3.01. The second-order valence-corrected chi connectivity index (χ2v) is 3.07. The average molecular weight is 203 g/mol. The number of hydrogen-bond donors (Lipinski definition) is 2. The number of hydrogen-bond acceptors (Lipinski definition) is 5. The van der Waals surface area contributed by atoms with E-state index in [2.05, 4.69) is 0 Å². The molecule has 0 saturated carbocycles. The monoisotopic (exact) mass is 203 g/mol. The van der Waals surface area contributed by atoms with Crippen LogP contribution in [-0.2, 0) is 14.2 Å². The molecule has 2 fully saturated rings. The lowest BCUT2D eigenvalue weighted by Gasteiger charge is -1.95. The first-order valence-electron chi connectivity index (χ1n) is 4.67. The highest BCUT2D eigenvalue weighted by atomic mass is 16.6. The largest absolute Gasteiger partial charge is 0.516 e. The summed E-state index contributed by atoms with van der Waals surface area (Å²) in [7, 11) is 0. The van der Waals surface area contributed by atoms with Crippen LogP contribution in [0.5, 0.6) is 0 Å². The quantitative estimate of drug-likeness (QED) is 0.478. The van der Waals surface area contributed by atoms with Crippen molar-refractivity contribution in [1.29, 1.82) is 0 Å². The van der Waals surface area contributed by atoms with Crippen molar-refractivity contribution in [2.75, 3.05) is 33.0 Å². The lowest BCUT2D eigenvalue weighted by Crippen LogP contribution is -2.06. The molecule has 2 saturated heterocycles. The van der Waals surface area contributed by atoms with Crippen LogP contribution in [0.2, 0.25) is 0 Å². The van der Waals surface area contributed by atoms with Gasteiger partial charge < -0.3 is 25.1 Å². The molecule has 2 atom stereocenters. The van der Waals surface area contributed by atoms with E-state index in [1.165, 1.54) is 6.08 Å². The maximum Gasteiger partial charge on any atom is 0.104 e. The molecule has 2 heterocycles. The minimum atomic E-state index is 0.392. The lowest BCUT2D eigenvalue weighted by atomic mass is 10.5. The summed E-state index contributed by atoms with van der Waals surface area (Å²) >= 11 is 0. The Balaban J connectivity index is 0.000000171. The Morgan fingerprint density at radius 2 is 1.79 bits per heavy atom. The van der Waals surface area contributed by atoms with E-state index in [0.29, 0.717) is 18.8 Å². The van der Waals surface area contributed by atoms with Crippen LogP contribution >= 0.6 is 0 Å². The summed E-state index contributed by atoms with van der Waals surface area (Å²) in [5, 5.41) is 7.81. The van der Waals surface area contributed by atoms with Crippen LogP contribution in [0.3, 0.4) is 0 Å². The number of aliphatic hydroxyl groups is 1. The number of rotatable bonds is 5. The van der Waals surface area contributed by atoms with Crippen molar-refractivity contribution in [3.63, 3.8) is 0 Å². The van der Waals surface area contributed by atoms with Gasteiger partial charge in [-0.05, 0) is 6.08 Å². The van der Waals surface area contributed by atoms with Gasteiger partial charge in [0.25, 0.3) is 0 Å². The van der Waals surface area contributed by atoms with E-state index in [4.69, 9.17) is 25.1 Å². The number of aliphatic hydroxyl groups excluding tert-OH is 1. The van der Waals surface area contributed by atoms with E-state index in [1.54, 1.807) is 0 Å². The van der Waals surface area contributed by atoms with Gasteiger partial charge >= 0.3 is 0 Å². The van der Waals surface area contributed by atoms with E-state index >= 15 is 0 Å². The zero-order valence-corrected chi connectivity index (χ0v) is 8.09. The van der Waals surface area contributed by atoms with Crippen LogP contribution in [-0.4, -0.2) is 50.3 Å². The Kier molecular flexibility index (Phi) is 5.55. The molecule has 2 aliphatic rings. The molecule has 0 aromatic heterocycles. The van der Waals surface area contributed by atoms with Crippen molar-refractivity contribution in [3.8, 4) is 0 Å². The standard InChI is InChI=1S/C6H10O3.C3H7NO/c1(5-3-8-5)7-2-6-4-9-6;4-2-1-3-5/h5-6H,1-4H2;1,3,5H,2,4H2. The van der Waals surface area contributed by atoms with Crippen molar-refractivity contribution in [2.24, 2.45) is 5.73 Å². The molecular formula is C9H17NO4. The summed E-state index contributed by atoms with van der Waals surface area (Å²) in [6.07, 6.45) is 3.17. The molecule has 2 rings (SSSR count). The molecule has 0 amide bonds. The van der Waals surface area contributed by atoms with Gasteiger partial charge in [0, 0.05) is 6.54 Å². The zero-order valence-electron chi connectivity index (χ0n) is 8.09. The molecule has 82 valence electrons. The number of epoxide rings is 2. The first-order chi connectivity index (χ1) is 6.86. The molecule has 2 unspecified atom stereocenters. The molecule has 0 aliphatic carbocycles. The van der Waals surface area contributed by atoms with Crippen LogP contribution in [0, 0.1) is 0 Å². The topological polar surface area (TPSA) is 80.5 Å². The lowest BCUT2D eigenvalue weighted by molar-refractivity contribution is 0.102. The second-order valence-electron chi connectivity index (χ2n) is 3.07. The summed E-state index contributed by atoms with van der Waals surface area (Å²) in [6.45, 7) is 3.67. The van der Waals surface area contributed by atoms with Gasteiger partial charge in [0.15, 0.2) is 0 Å². The summed E-state index contributed by atoms with van der Waals surface area (Å²) in [6, 6.07) is 0. The van der Waals surface area contributed by atoms with Crippen LogP contribution in [0.15, 0.2) is 12.3 Å². The third-order valence-electron chi connectivity index (χ3n) is 1.65. The van der Waals surface area contributed by atoms with E-state index in [-0.39, 0.29) is 0 Å². The molecule has 2 aliphatic heterocycles. The van der Waals surface area contributed by atoms with Crippen molar-refractivity contribution < 1.29 is 19.3 Å².